The van der Waals surface area contributed by atoms with Gasteiger partial charge in [-0.3, -0.25) is 4.79 Å². The second-order valence-corrected chi connectivity index (χ2v) is 4.60. The van der Waals surface area contributed by atoms with Crippen molar-refractivity contribution in [3.05, 3.63) is 29.8 Å². The van der Waals surface area contributed by atoms with Crippen molar-refractivity contribution >= 4 is 28.8 Å². The smallest absolute Gasteiger partial charge is 0.244 e. The predicted octanol–water partition coefficient (Wildman–Crippen LogP) is 1.60. The molecule has 98 valence electrons. The van der Waals surface area contributed by atoms with E-state index in [0.29, 0.717) is 11.5 Å². The third-order valence-electron chi connectivity index (χ3n) is 2.77. The van der Waals surface area contributed by atoms with Gasteiger partial charge >= 0.3 is 0 Å². The first-order valence-corrected chi connectivity index (χ1v) is 6.28. The Bertz CT molecular complexity index is 430. The maximum absolute atomic E-state index is 11.9. The number of rotatable bonds is 5. The quantitative estimate of drug-likeness (QED) is 0.794. The lowest BCUT2D eigenvalue weighted by Crippen LogP contribution is -2.38. The number of thiocarbonyl (C=S) groups is 1. The number of nitrogens with one attached hydrogen (secondary N) is 1. The molecule has 1 aromatic carbocycles. The van der Waals surface area contributed by atoms with E-state index in [1.54, 1.807) is 11.9 Å². The van der Waals surface area contributed by atoms with E-state index in [9.17, 15) is 4.79 Å². The molecule has 0 aliphatic rings. The molecule has 0 aliphatic carbocycles. The van der Waals surface area contributed by atoms with Crippen molar-refractivity contribution in [2.75, 3.05) is 18.9 Å². The van der Waals surface area contributed by atoms with E-state index in [2.05, 4.69) is 5.32 Å². The maximum atomic E-state index is 11.9. The summed E-state index contributed by atoms with van der Waals surface area (Å²) in [5.74, 6) is 0.0657. The summed E-state index contributed by atoms with van der Waals surface area (Å²) < 4.78 is 0. The van der Waals surface area contributed by atoms with Gasteiger partial charge in [-0.15, -0.1) is 0 Å². The molecule has 5 heteroatoms. The molecule has 3 N–H and O–H groups in total. The van der Waals surface area contributed by atoms with Crippen LogP contribution in [0.15, 0.2) is 24.3 Å². The van der Waals surface area contributed by atoms with Crippen molar-refractivity contribution < 1.29 is 4.79 Å². The third-order valence-corrected chi connectivity index (χ3v) is 3.01. The first-order chi connectivity index (χ1) is 8.45. The number of nitrogens with zero attached hydrogens (tertiary/aromatic N) is 1. The standard InChI is InChI=1S/C13H19N3OS/c1-4-16(3)13(17)9(2)15-11-7-5-10(6-8-11)12(14)18/h5-9,15H,4H2,1-3H3,(H2,14,18). The topological polar surface area (TPSA) is 58.4 Å². The minimum absolute atomic E-state index is 0.0657. The molecular weight excluding hydrogens is 246 g/mol. The number of amides is 1. The Hall–Kier alpha value is -1.62. The molecule has 0 spiro atoms. The van der Waals surface area contributed by atoms with Crippen molar-refractivity contribution in [1.82, 2.24) is 4.90 Å². The Morgan fingerprint density at radius 3 is 2.44 bits per heavy atom. The van der Waals surface area contributed by atoms with Crippen LogP contribution in [0.5, 0.6) is 0 Å². The van der Waals surface area contributed by atoms with Crippen LogP contribution in [0, 0.1) is 0 Å². The van der Waals surface area contributed by atoms with Crippen LogP contribution in [-0.4, -0.2) is 35.4 Å². The van der Waals surface area contributed by atoms with E-state index in [4.69, 9.17) is 18.0 Å². The van der Waals surface area contributed by atoms with E-state index in [1.807, 2.05) is 38.1 Å². The fourth-order valence-electron chi connectivity index (χ4n) is 1.53. The Balaban J connectivity index is 2.67. The van der Waals surface area contributed by atoms with Crippen LogP contribution in [0.1, 0.15) is 19.4 Å². The van der Waals surface area contributed by atoms with E-state index in [1.165, 1.54) is 0 Å². The van der Waals surface area contributed by atoms with Crippen LogP contribution in [-0.2, 0) is 4.79 Å². The van der Waals surface area contributed by atoms with E-state index in [0.717, 1.165) is 11.3 Å². The summed E-state index contributed by atoms with van der Waals surface area (Å²) in [7, 11) is 1.79. The largest absolute Gasteiger partial charge is 0.389 e. The highest BCUT2D eigenvalue weighted by Gasteiger charge is 2.15. The summed E-state index contributed by atoms with van der Waals surface area (Å²) in [5, 5.41) is 3.15. The Morgan fingerprint density at radius 1 is 1.44 bits per heavy atom. The molecule has 0 saturated carbocycles. The Morgan fingerprint density at radius 2 is 2.00 bits per heavy atom. The molecule has 1 unspecified atom stereocenters. The van der Waals surface area contributed by atoms with Gasteiger partial charge in [0.2, 0.25) is 5.91 Å². The Kier molecular flexibility index (Phi) is 5.09. The van der Waals surface area contributed by atoms with Crippen LogP contribution < -0.4 is 11.1 Å². The zero-order valence-electron chi connectivity index (χ0n) is 10.9. The van der Waals surface area contributed by atoms with Gasteiger partial charge in [0.15, 0.2) is 0 Å². The maximum Gasteiger partial charge on any atom is 0.244 e. The second-order valence-electron chi connectivity index (χ2n) is 4.16. The lowest BCUT2D eigenvalue weighted by Gasteiger charge is -2.21. The zero-order chi connectivity index (χ0) is 13.7. The molecule has 1 rings (SSSR count). The van der Waals surface area contributed by atoms with Crippen molar-refractivity contribution in [3.63, 3.8) is 0 Å². The highest BCUT2D eigenvalue weighted by Crippen LogP contribution is 2.11. The van der Waals surface area contributed by atoms with Crippen LogP contribution in [0.3, 0.4) is 0 Å². The van der Waals surface area contributed by atoms with Crippen LogP contribution in [0.4, 0.5) is 5.69 Å². The molecule has 0 radical (unpaired) electrons. The monoisotopic (exact) mass is 265 g/mol. The second kappa shape index (κ2) is 6.35. The summed E-state index contributed by atoms with van der Waals surface area (Å²) in [5.41, 5.74) is 7.22. The number of hydrogen-bond acceptors (Lipinski definition) is 3. The van der Waals surface area contributed by atoms with Crippen LogP contribution in [0.25, 0.3) is 0 Å². The number of benzene rings is 1. The predicted molar refractivity (Wildman–Crippen MR) is 78.7 cm³/mol. The molecule has 0 saturated heterocycles. The summed E-state index contributed by atoms with van der Waals surface area (Å²) in [6.07, 6.45) is 0. The molecule has 18 heavy (non-hydrogen) atoms. The summed E-state index contributed by atoms with van der Waals surface area (Å²) in [6.45, 7) is 4.49. The molecule has 1 amide bonds. The molecule has 0 aliphatic heterocycles. The van der Waals surface area contributed by atoms with Crippen molar-refractivity contribution in [3.8, 4) is 0 Å². The van der Waals surface area contributed by atoms with Crippen LogP contribution >= 0.6 is 12.2 Å². The van der Waals surface area contributed by atoms with Gasteiger partial charge in [0.1, 0.15) is 11.0 Å². The van der Waals surface area contributed by atoms with Gasteiger partial charge in [0.25, 0.3) is 0 Å². The molecule has 0 bridgehead atoms. The SMILES string of the molecule is CCN(C)C(=O)C(C)Nc1ccc(C(N)=S)cc1. The molecule has 1 atom stereocenters. The number of likely N-dealkylation sites (N-methyl/N-ethyl adjacent to an activating group) is 1. The average Bonchev–Trinajstić information content (AvgIpc) is 2.37. The first kappa shape index (κ1) is 14.4. The van der Waals surface area contributed by atoms with Crippen molar-refractivity contribution in [1.29, 1.82) is 0 Å². The van der Waals surface area contributed by atoms with E-state index < -0.39 is 0 Å². The van der Waals surface area contributed by atoms with E-state index >= 15 is 0 Å². The lowest BCUT2D eigenvalue weighted by molar-refractivity contribution is -0.130. The molecule has 1 aromatic rings. The third kappa shape index (κ3) is 3.70. The number of carbonyl (C=O) groups is 1. The van der Waals surface area contributed by atoms with E-state index in [-0.39, 0.29) is 11.9 Å². The highest BCUT2D eigenvalue weighted by atomic mass is 32.1. The molecule has 4 nitrogen and oxygen atoms in total. The molecule has 0 fully saturated rings. The molecule has 0 heterocycles. The molecular formula is C13H19N3OS. The van der Waals surface area contributed by atoms with Gasteiger partial charge in [0.05, 0.1) is 0 Å². The van der Waals surface area contributed by atoms with Gasteiger partial charge in [-0.25, -0.2) is 0 Å². The normalized spacial score (nSPS) is 11.7. The van der Waals surface area contributed by atoms with Gasteiger partial charge in [0, 0.05) is 24.8 Å². The minimum Gasteiger partial charge on any atom is -0.389 e. The fraction of sp³-hybridized carbons (Fsp3) is 0.385. The number of carbonyl (C=O) groups excluding carboxylic acids is 1. The van der Waals surface area contributed by atoms with Gasteiger partial charge in [-0.05, 0) is 38.1 Å². The van der Waals surface area contributed by atoms with Gasteiger partial charge in [-0.1, -0.05) is 12.2 Å². The number of nitrogens with two attached hydrogens (primary N) is 1. The van der Waals surface area contributed by atoms with Gasteiger partial charge in [-0.2, -0.15) is 0 Å². The summed E-state index contributed by atoms with van der Waals surface area (Å²) in [6, 6.07) is 7.15. The highest BCUT2D eigenvalue weighted by molar-refractivity contribution is 7.80. The first-order valence-electron chi connectivity index (χ1n) is 5.87. The van der Waals surface area contributed by atoms with Crippen molar-refractivity contribution in [2.24, 2.45) is 5.73 Å². The number of hydrogen-bond donors (Lipinski definition) is 2. The van der Waals surface area contributed by atoms with Crippen LogP contribution in [0.2, 0.25) is 0 Å². The summed E-state index contributed by atoms with van der Waals surface area (Å²) in [4.78, 5) is 13.9. The zero-order valence-corrected chi connectivity index (χ0v) is 11.8. The molecule has 0 aromatic heterocycles. The van der Waals surface area contributed by atoms with Gasteiger partial charge < -0.3 is 16.0 Å². The lowest BCUT2D eigenvalue weighted by atomic mass is 10.2. The Labute approximate surface area is 113 Å². The minimum atomic E-state index is -0.259. The summed E-state index contributed by atoms with van der Waals surface area (Å²) >= 11 is 4.88. The van der Waals surface area contributed by atoms with Crippen molar-refractivity contribution in [2.45, 2.75) is 19.9 Å². The number of anilines is 1. The fourth-order valence-corrected chi connectivity index (χ4v) is 1.66. The average molecular weight is 265 g/mol.